The summed E-state index contributed by atoms with van der Waals surface area (Å²) in [6.07, 6.45) is 1.13. The Kier molecular flexibility index (Phi) is 2.51. The van der Waals surface area contributed by atoms with Crippen LogP contribution in [0.15, 0.2) is 10.2 Å². The van der Waals surface area contributed by atoms with E-state index in [2.05, 4.69) is 5.32 Å². The molecule has 0 saturated carbocycles. The highest BCUT2D eigenvalue weighted by atomic mass is 32.1. The summed E-state index contributed by atoms with van der Waals surface area (Å²) in [7, 11) is 0. The average Bonchev–Trinajstić information content (AvgIpc) is 2.32. The number of hydrogen-bond donors (Lipinski definition) is 1. The van der Waals surface area contributed by atoms with Gasteiger partial charge in [-0.1, -0.05) is 11.3 Å². The zero-order valence-corrected chi connectivity index (χ0v) is 8.56. The molecule has 1 aromatic heterocycles. The fourth-order valence-corrected chi connectivity index (χ4v) is 2.30. The van der Waals surface area contributed by atoms with E-state index in [4.69, 9.17) is 0 Å². The van der Waals surface area contributed by atoms with Crippen LogP contribution in [0.4, 0.5) is 0 Å². The van der Waals surface area contributed by atoms with Crippen molar-refractivity contribution in [1.29, 1.82) is 0 Å². The predicted octanol–water partition coefficient (Wildman–Crippen LogP) is 0.828. The Balaban J connectivity index is 1.96. The maximum atomic E-state index is 11.3. The number of nitrogens with one attached hydrogen (secondary N) is 1. The molecule has 4 heteroatoms. The van der Waals surface area contributed by atoms with Gasteiger partial charge in [-0.05, 0) is 32.4 Å². The molecule has 13 heavy (non-hydrogen) atoms. The van der Waals surface area contributed by atoms with Crippen molar-refractivity contribution >= 4 is 11.3 Å². The lowest BCUT2D eigenvalue weighted by Gasteiger charge is -2.27. The molecule has 2 rings (SSSR count). The Morgan fingerprint density at radius 3 is 2.92 bits per heavy atom. The largest absolute Gasteiger partial charge is 0.316 e. The molecule has 0 bridgehead atoms. The van der Waals surface area contributed by atoms with Crippen molar-refractivity contribution in [3.63, 3.8) is 0 Å². The lowest BCUT2D eigenvalue weighted by Crippen LogP contribution is -2.42. The summed E-state index contributed by atoms with van der Waals surface area (Å²) < 4.78 is 1.88. The maximum absolute atomic E-state index is 11.3. The van der Waals surface area contributed by atoms with Crippen LogP contribution in [0.5, 0.6) is 0 Å². The first-order valence-corrected chi connectivity index (χ1v) is 5.51. The molecule has 1 N–H and O–H groups in total. The first-order chi connectivity index (χ1) is 6.27. The summed E-state index contributed by atoms with van der Waals surface area (Å²) in [5.74, 6) is 0.784. The predicted molar refractivity (Wildman–Crippen MR) is 54.3 cm³/mol. The Morgan fingerprint density at radius 2 is 2.46 bits per heavy atom. The minimum absolute atomic E-state index is 0.185. The van der Waals surface area contributed by atoms with Crippen LogP contribution in [0, 0.1) is 12.8 Å². The first kappa shape index (κ1) is 8.97. The molecule has 72 valence electrons. The second kappa shape index (κ2) is 3.64. The minimum atomic E-state index is 0.185. The topological polar surface area (TPSA) is 34.0 Å². The van der Waals surface area contributed by atoms with Gasteiger partial charge in [-0.15, -0.1) is 0 Å². The number of hydrogen-bond acceptors (Lipinski definition) is 3. The summed E-state index contributed by atoms with van der Waals surface area (Å²) in [5, 5.41) is 5.17. The fraction of sp³-hybridized carbons (Fsp3) is 0.667. The van der Waals surface area contributed by atoms with Crippen molar-refractivity contribution in [2.24, 2.45) is 5.92 Å². The molecule has 1 aliphatic heterocycles. The third-order valence-electron chi connectivity index (χ3n) is 2.60. The van der Waals surface area contributed by atoms with E-state index in [0.29, 0.717) is 0 Å². The molecule has 0 atom stereocenters. The van der Waals surface area contributed by atoms with E-state index < -0.39 is 0 Å². The highest BCUT2D eigenvalue weighted by molar-refractivity contribution is 7.07. The van der Waals surface area contributed by atoms with Crippen LogP contribution >= 0.6 is 11.3 Å². The van der Waals surface area contributed by atoms with Gasteiger partial charge in [0, 0.05) is 17.6 Å². The van der Waals surface area contributed by atoms with Gasteiger partial charge in [-0.3, -0.25) is 4.79 Å². The summed E-state index contributed by atoms with van der Waals surface area (Å²) in [6, 6.07) is 0. The number of nitrogens with zero attached hydrogens (tertiary/aromatic N) is 1. The minimum Gasteiger partial charge on any atom is -0.316 e. The van der Waals surface area contributed by atoms with Crippen molar-refractivity contribution in [2.45, 2.75) is 19.9 Å². The van der Waals surface area contributed by atoms with E-state index >= 15 is 0 Å². The van der Waals surface area contributed by atoms with E-state index in [1.54, 1.807) is 0 Å². The molecular formula is C9H14N2OS. The molecule has 3 nitrogen and oxygen atoms in total. The molecule has 0 radical (unpaired) electrons. The highest BCUT2D eigenvalue weighted by Crippen LogP contribution is 2.10. The molecule has 0 aromatic carbocycles. The Labute approximate surface area is 81.4 Å². The molecule has 1 aromatic rings. The Bertz CT molecular complexity index is 338. The van der Waals surface area contributed by atoms with Crippen LogP contribution in [-0.4, -0.2) is 17.7 Å². The van der Waals surface area contributed by atoms with Crippen molar-refractivity contribution in [3.8, 4) is 0 Å². The van der Waals surface area contributed by atoms with E-state index in [9.17, 15) is 4.79 Å². The zero-order valence-electron chi connectivity index (χ0n) is 7.75. The van der Waals surface area contributed by atoms with Gasteiger partial charge < -0.3 is 9.88 Å². The van der Waals surface area contributed by atoms with Crippen LogP contribution in [0.1, 0.15) is 12.1 Å². The van der Waals surface area contributed by atoms with E-state index in [1.165, 1.54) is 11.3 Å². The van der Waals surface area contributed by atoms with E-state index in [0.717, 1.165) is 37.7 Å². The molecule has 0 unspecified atom stereocenters. The Hall–Kier alpha value is -0.610. The molecule has 0 amide bonds. The monoisotopic (exact) mass is 198 g/mol. The SMILES string of the molecule is Cc1csc(=O)n1CCC1CNC1. The van der Waals surface area contributed by atoms with Gasteiger partial charge in [-0.25, -0.2) is 0 Å². The summed E-state index contributed by atoms with van der Waals surface area (Å²) in [4.78, 5) is 11.5. The quantitative estimate of drug-likeness (QED) is 0.780. The maximum Gasteiger partial charge on any atom is 0.307 e. The van der Waals surface area contributed by atoms with Crippen molar-refractivity contribution in [1.82, 2.24) is 9.88 Å². The normalized spacial score (nSPS) is 17.3. The lowest BCUT2D eigenvalue weighted by molar-refractivity contribution is 0.310. The lowest BCUT2D eigenvalue weighted by atomic mass is 9.99. The van der Waals surface area contributed by atoms with Gasteiger partial charge in [0.15, 0.2) is 0 Å². The molecule has 0 spiro atoms. The van der Waals surface area contributed by atoms with Gasteiger partial charge in [0.05, 0.1) is 0 Å². The Morgan fingerprint density at radius 1 is 1.69 bits per heavy atom. The third-order valence-corrected chi connectivity index (χ3v) is 3.48. The number of rotatable bonds is 3. The standard InChI is InChI=1S/C9H14N2OS/c1-7-6-13-9(12)11(7)3-2-8-4-10-5-8/h6,8,10H,2-5H2,1H3. The number of thiazole rings is 1. The number of aromatic nitrogens is 1. The molecule has 1 fully saturated rings. The average molecular weight is 198 g/mol. The molecule has 2 heterocycles. The van der Waals surface area contributed by atoms with E-state index in [-0.39, 0.29) is 4.87 Å². The molecule has 0 aliphatic carbocycles. The van der Waals surface area contributed by atoms with Crippen LogP contribution in [0.3, 0.4) is 0 Å². The van der Waals surface area contributed by atoms with Gasteiger partial charge in [0.1, 0.15) is 0 Å². The number of aryl methyl sites for hydroxylation is 1. The first-order valence-electron chi connectivity index (χ1n) is 4.63. The summed E-state index contributed by atoms with van der Waals surface area (Å²) in [6.45, 7) is 5.13. The van der Waals surface area contributed by atoms with Crippen LogP contribution in [-0.2, 0) is 6.54 Å². The molecular weight excluding hydrogens is 184 g/mol. The van der Waals surface area contributed by atoms with Crippen molar-refractivity contribution < 1.29 is 0 Å². The second-order valence-electron chi connectivity index (χ2n) is 3.61. The van der Waals surface area contributed by atoms with Crippen LogP contribution < -0.4 is 10.2 Å². The van der Waals surface area contributed by atoms with Gasteiger partial charge in [0.2, 0.25) is 0 Å². The summed E-state index contributed by atoms with van der Waals surface area (Å²) >= 11 is 1.30. The van der Waals surface area contributed by atoms with Gasteiger partial charge in [-0.2, -0.15) is 0 Å². The highest BCUT2D eigenvalue weighted by Gasteiger charge is 2.16. The van der Waals surface area contributed by atoms with E-state index in [1.807, 2.05) is 16.9 Å². The molecule has 1 saturated heterocycles. The molecule has 1 aliphatic rings. The van der Waals surface area contributed by atoms with Gasteiger partial charge in [0.25, 0.3) is 0 Å². The van der Waals surface area contributed by atoms with Crippen LogP contribution in [0.2, 0.25) is 0 Å². The smallest absolute Gasteiger partial charge is 0.307 e. The zero-order chi connectivity index (χ0) is 9.26. The second-order valence-corrected chi connectivity index (χ2v) is 4.43. The van der Waals surface area contributed by atoms with Crippen LogP contribution in [0.25, 0.3) is 0 Å². The van der Waals surface area contributed by atoms with Crippen molar-refractivity contribution in [3.05, 3.63) is 20.7 Å². The van der Waals surface area contributed by atoms with Crippen molar-refractivity contribution in [2.75, 3.05) is 13.1 Å². The third kappa shape index (κ3) is 1.84. The van der Waals surface area contributed by atoms with Gasteiger partial charge >= 0.3 is 4.87 Å². The summed E-state index contributed by atoms with van der Waals surface area (Å²) in [5.41, 5.74) is 1.10. The fourth-order valence-electron chi connectivity index (χ4n) is 1.54.